The lowest BCUT2D eigenvalue weighted by Crippen LogP contribution is -2.39. The number of aromatic nitrogens is 1. The van der Waals surface area contributed by atoms with Crippen LogP contribution in [0.5, 0.6) is 0 Å². The smallest absolute Gasteiger partial charge is 0.318 e. The van der Waals surface area contributed by atoms with Gasteiger partial charge in [0.2, 0.25) is 0 Å². The molecular weight excluding hydrogens is 338 g/mol. The molecule has 1 unspecified atom stereocenters. The number of nitrogens with zero attached hydrogens (tertiary/aromatic N) is 2. The molecule has 7 heteroatoms. The molecule has 3 rings (SSSR count). The first-order valence-corrected chi connectivity index (χ1v) is 10.1. The molecule has 1 aliphatic rings. The van der Waals surface area contributed by atoms with E-state index in [0.717, 1.165) is 30.5 Å². The van der Waals surface area contributed by atoms with Crippen LogP contribution in [0.4, 0.5) is 4.79 Å². The number of carbonyl (C=O) groups excluding carboxylic acids is 1. The van der Waals surface area contributed by atoms with Crippen molar-refractivity contribution in [1.82, 2.24) is 15.2 Å². The quantitative estimate of drug-likeness (QED) is 0.910. The van der Waals surface area contributed by atoms with Crippen LogP contribution in [0.2, 0.25) is 0 Å². The molecule has 132 valence electrons. The summed E-state index contributed by atoms with van der Waals surface area (Å²) >= 11 is 0. The maximum absolute atomic E-state index is 12.5. The summed E-state index contributed by atoms with van der Waals surface area (Å²) in [6.45, 7) is 1.08. The summed E-state index contributed by atoms with van der Waals surface area (Å²) in [4.78, 5) is 18.8. The lowest BCUT2D eigenvalue weighted by Gasteiger charge is -2.25. The van der Waals surface area contributed by atoms with E-state index >= 15 is 0 Å². The molecule has 0 aliphatic carbocycles. The van der Waals surface area contributed by atoms with Crippen molar-refractivity contribution in [2.45, 2.75) is 30.3 Å². The van der Waals surface area contributed by atoms with Gasteiger partial charge in [0.25, 0.3) is 0 Å². The van der Waals surface area contributed by atoms with Gasteiger partial charge in [0.15, 0.2) is 9.84 Å². The second kappa shape index (κ2) is 7.23. The van der Waals surface area contributed by atoms with Gasteiger partial charge < -0.3 is 10.2 Å². The molecule has 1 atom stereocenters. The number of hydrogen-bond acceptors (Lipinski definition) is 4. The minimum absolute atomic E-state index is 0.0568. The maximum Gasteiger partial charge on any atom is 0.318 e. The minimum atomic E-state index is -3.20. The molecule has 6 nitrogen and oxygen atoms in total. The zero-order valence-corrected chi connectivity index (χ0v) is 14.9. The second-order valence-electron chi connectivity index (χ2n) is 6.21. The highest BCUT2D eigenvalue weighted by Crippen LogP contribution is 2.31. The summed E-state index contributed by atoms with van der Waals surface area (Å²) in [5, 5.41) is 2.92. The number of pyridine rings is 1. The summed E-state index contributed by atoms with van der Waals surface area (Å²) in [5.41, 5.74) is 1.91. The Kier molecular flexibility index (Phi) is 5.03. The van der Waals surface area contributed by atoms with Crippen LogP contribution in [0.3, 0.4) is 0 Å². The van der Waals surface area contributed by atoms with E-state index in [4.69, 9.17) is 0 Å². The zero-order chi connectivity index (χ0) is 17.9. The Hall–Kier alpha value is -2.41. The van der Waals surface area contributed by atoms with Crippen LogP contribution < -0.4 is 5.32 Å². The third-order valence-corrected chi connectivity index (χ3v) is 5.51. The normalized spacial score (nSPS) is 17.5. The predicted octanol–water partition coefficient (Wildman–Crippen LogP) is 2.53. The molecule has 1 saturated heterocycles. The number of nitrogens with one attached hydrogen (secondary N) is 1. The first-order valence-electron chi connectivity index (χ1n) is 8.18. The average molecular weight is 359 g/mol. The van der Waals surface area contributed by atoms with Gasteiger partial charge in [-0.15, -0.1) is 0 Å². The van der Waals surface area contributed by atoms with Crippen LogP contribution in [-0.2, 0) is 16.4 Å². The van der Waals surface area contributed by atoms with Crippen molar-refractivity contribution in [2.75, 3.05) is 12.8 Å². The van der Waals surface area contributed by atoms with E-state index in [1.54, 1.807) is 36.7 Å². The van der Waals surface area contributed by atoms with Crippen molar-refractivity contribution in [1.29, 1.82) is 0 Å². The Balaban J connectivity index is 1.62. The Morgan fingerprint density at radius 2 is 2.04 bits per heavy atom. The fourth-order valence-corrected chi connectivity index (χ4v) is 3.69. The van der Waals surface area contributed by atoms with E-state index in [0.29, 0.717) is 6.54 Å². The molecule has 0 bridgehead atoms. The van der Waals surface area contributed by atoms with Crippen LogP contribution in [0.15, 0.2) is 53.7 Å². The van der Waals surface area contributed by atoms with E-state index in [2.05, 4.69) is 10.3 Å². The zero-order valence-electron chi connectivity index (χ0n) is 14.1. The molecule has 1 aromatic carbocycles. The molecule has 0 saturated carbocycles. The van der Waals surface area contributed by atoms with Gasteiger partial charge >= 0.3 is 6.03 Å². The molecule has 1 fully saturated rings. The van der Waals surface area contributed by atoms with Crippen LogP contribution in [0.1, 0.15) is 30.0 Å². The Morgan fingerprint density at radius 3 is 2.68 bits per heavy atom. The number of amides is 2. The van der Waals surface area contributed by atoms with E-state index in [9.17, 15) is 13.2 Å². The molecule has 1 N–H and O–H groups in total. The minimum Gasteiger partial charge on any atom is -0.334 e. The summed E-state index contributed by atoms with van der Waals surface area (Å²) in [5.74, 6) is 0. The first-order chi connectivity index (χ1) is 11.9. The van der Waals surface area contributed by atoms with Gasteiger partial charge in [-0.25, -0.2) is 13.2 Å². The largest absolute Gasteiger partial charge is 0.334 e. The Labute approximate surface area is 147 Å². The van der Waals surface area contributed by atoms with Crippen molar-refractivity contribution in [3.63, 3.8) is 0 Å². The Morgan fingerprint density at radius 1 is 1.28 bits per heavy atom. The monoisotopic (exact) mass is 359 g/mol. The van der Waals surface area contributed by atoms with Crippen molar-refractivity contribution < 1.29 is 13.2 Å². The third-order valence-electron chi connectivity index (χ3n) is 4.38. The number of rotatable bonds is 4. The standard InChI is InChI=1S/C18H21N3O3S/c1-25(23,24)16-8-6-14(7-9-16)12-20-18(22)21-11-3-5-17(21)15-4-2-10-19-13-15/h2,4,6-10,13,17H,3,5,11-12H2,1H3,(H,20,22). The van der Waals surface area contributed by atoms with Gasteiger partial charge in [-0.05, 0) is 42.2 Å². The van der Waals surface area contributed by atoms with Gasteiger partial charge in [-0.3, -0.25) is 4.98 Å². The van der Waals surface area contributed by atoms with Gasteiger partial charge in [-0.1, -0.05) is 18.2 Å². The summed E-state index contributed by atoms with van der Waals surface area (Å²) in [6.07, 6.45) is 6.61. The lowest BCUT2D eigenvalue weighted by molar-refractivity contribution is 0.192. The predicted molar refractivity (Wildman–Crippen MR) is 94.7 cm³/mol. The molecule has 25 heavy (non-hydrogen) atoms. The number of sulfone groups is 1. The number of hydrogen-bond donors (Lipinski definition) is 1. The van der Waals surface area contributed by atoms with Crippen LogP contribution in [-0.4, -0.2) is 37.1 Å². The number of carbonyl (C=O) groups is 1. The highest BCUT2D eigenvalue weighted by atomic mass is 32.2. The highest BCUT2D eigenvalue weighted by molar-refractivity contribution is 7.90. The SMILES string of the molecule is CS(=O)(=O)c1ccc(CNC(=O)N2CCCC2c2cccnc2)cc1. The molecule has 2 heterocycles. The van der Waals surface area contributed by atoms with Crippen molar-refractivity contribution in [3.8, 4) is 0 Å². The third kappa shape index (κ3) is 4.17. The summed E-state index contributed by atoms with van der Waals surface area (Å²) in [6, 6.07) is 10.4. The van der Waals surface area contributed by atoms with Gasteiger partial charge in [0.05, 0.1) is 10.9 Å². The number of benzene rings is 1. The molecule has 0 radical (unpaired) electrons. The first kappa shape index (κ1) is 17.4. The topological polar surface area (TPSA) is 79.4 Å². The van der Waals surface area contributed by atoms with Crippen molar-refractivity contribution in [2.24, 2.45) is 0 Å². The van der Waals surface area contributed by atoms with Crippen LogP contribution >= 0.6 is 0 Å². The second-order valence-corrected chi connectivity index (χ2v) is 8.23. The van der Waals surface area contributed by atoms with E-state index in [-0.39, 0.29) is 17.0 Å². The van der Waals surface area contributed by atoms with Crippen LogP contribution in [0.25, 0.3) is 0 Å². The highest BCUT2D eigenvalue weighted by Gasteiger charge is 2.29. The molecule has 1 aliphatic heterocycles. The van der Waals surface area contributed by atoms with Crippen molar-refractivity contribution >= 4 is 15.9 Å². The molecule has 2 amide bonds. The van der Waals surface area contributed by atoms with Gasteiger partial charge in [-0.2, -0.15) is 0 Å². The number of urea groups is 1. The summed E-state index contributed by atoms with van der Waals surface area (Å²) < 4.78 is 22.9. The number of likely N-dealkylation sites (tertiary alicyclic amines) is 1. The molecular formula is C18H21N3O3S. The van der Waals surface area contributed by atoms with E-state index in [1.807, 2.05) is 17.0 Å². The Bertz CT molecular complexity index is 836. The molecule has 1 aromatic heterocycles. The van der Waals surface area contributed by atoms with Crippen LogP contribution in [0, 0.1) is 0 Å². The van der Waals surface area contributed by atoms with Crippen molar-refractivity contribution in [3.05, 3.63) is 59.9 Å². The van der Waals surface area contributed by atoms with Gasteiger partial charge in [0, 0.05) is 31.7 Å². The average Bonchev–Trinajstić information content (AvgIpc) is 3.10. The lowest BCUT2D eigenvalue weighted by atomic mass is 10.1. The van der Waals surface area contributed by atoms with Gasteiger partial charge in [0.1, 0.15) is 0 Å². The summed E-state index contributed by atoms with van der Waals surface area (Å²) in [7, 11) is -3.20. The van der Waals surface area contributed by atoms with E-state index in [1.165, 1.54) is 6.26 Å². The fraction of sp³-hybridized carbons (Fsp3) is 0.333. The van der Waals surface area contributed by atoms with E-state index < -0.39 is 9.84 Å². The molecule has 0 spiro atoms. The molecule has 2 aromatic rings. The maximum atomic E-state index is 12.5. The fourth-order valence-electron chi connectivity index (χ4n) is 3.06.